The quantitative estimate of drug-likeness (QED) is 0.538. The lowest BCUT2D eigenvalue weighted by molar-refractivity contribution is -0.126. The molecule has 1 spiro atoms. The number of fused-ring (bicyclic) bond motifs is 5. The number of ether oxygens (including phenoxy) is 1. The summed E-state index contributed by atoms with van der Waals surface area (Å²) in [5, 5.41) is -0.00103. The Hall–Kier alpha value is -3.52. The third kappa shape index (κ3) is 2.80. The van der Waals surface area contributed by atoms with Crippen molar-refractivity contribution in [3.8, 4) is 0 Å². The lowest BCUT2D eigenvalue weighted by Gasteiger charge is -2.34. The van der Waals surface area contributed by atoms with Crippen molar-refractivity contribution < 1.29 is 23.1 Å². The molecule has 0 aliphatic carbocycles. The Kier molecular flexibility index (Phi) is 5.05. The fourth-order valence-electron chi connectivity index (χ4n) is 5.08. The predicted molar refractivity (Wildman–Crippen MR) is 120 cm³/mol. The van der Waals surface area contributed by atoms with Gasteiger partial charge in [0.1, 0.15) is 11.4 Å². The molecule has 0 fully saturated rings. The smallest absolute Gasteiger partial charge is 0.291 e. The van der Waals surface area contributed by atoms with E-state index in [2.05, 4.69) is 0 Å². The molecule has 0 bridgehead atoms. The molecule has 2 aliphatic heterocycles. The monoisotopic (exact) mass is 450 g/mol. The molecular weight excluding hydrogens is 427 g/mol. The lowest BCUT2D eigenvalue weighted by Crippen LogP contribution is -2.53. The minimum absolute atomic E-state index is 0.00103. The van der Waals surface area contributed by atoms with Gasteiger partial charge in [-0.1, -0.05) is 25.1 Å². The fourth-order valence-corrected chi connectivity index (χ4v) is 5.08. The SMILES string of the molecule is CCCN1C(=O)C2(c3ccccc31)c1c(oc3ccc(F)cc3c1=O)C(=O)N2CCCOC. The summed E-state index contributed by atoms with van der Waals surface area (Å²) in [4.78, 5) is 44.6. The van der Waals surface area contributed by atoms with E-state index < -0.39 is 22.7 Å². The third-order valence-electron chi connectivity index (χ3n) is 6.38. The maximum absolute atomic E-state index is 14.1. The van der Waals surface area contributed by atoms with E-state index in [1.807, 2.05) is 19.1 Å². The van der Waals surface area contributed by atoms with E-state index >= 15 is 0 Å². The Bertz CT molecular complexity index is 1350. The first-order valence-electron chi connectivity index (χ1n) is 11.0. The van der Waals surface area contributed by atoms with Crippen LogP contribution in [0.2, 0.25) is 0 Å². The number of anilines is 1. The summed E-state index contributed by atoms with van der Waals surface area (Å²) in [6, 6.07) is 10.8. The first-order chi connectivity index (χ1) is 16.0. The molecule has 7 nitrogen and oxygen atoms in total. The topological polar surface area (TPSA) is 80.1 Å². The van der Waals surface area contributed by atoms with E-state index in [4.69, 9.17) is 9.15 Å². The molecule has 0 N–H and O–H groups in total. The van der Waals surface area contributed by atoms with Crippen molar-refractivity contribution in [2.75, 3.05) is 31.7 Å². The lowest BCUT2D eigenvalue weighted by atomic mass is 9.84. The molecule has 5 rings (SSSR count). The van der Waals surface area contributed by atoms with Gasteiger partial charge in [0.05, 0.1) is 16.6 Å². The van der Waals surface area contributed by atoms with E-state index in [0.29, 0.717) is 37.2 Å². The van der Waals surface area contributed by atoms with E-state index in [1.54, 1.807) is 24.1 Å². The summed E-state index contributed by atoms with van der Waals surface area (Å²) >= 11 is 0. The highest BCUT2D eigenvalue weighted by Crippen LogP contribution is 2.52. The Morgan fingerprint density at radius 2 is 1.88 bits per heavy atom. The summed E-state index contributed by atoms with van der Waals surface area (Å²) in [7, 11) is 1.56. The van der Waals surface area contributed by atoms with Gasteiger partial charge in [0.15, 0.2) is 11.0 Å². The molecule has 0 radical (unpaired) electrons. The number of benzene rings is 2. The van der Waals surface area contributed by atoms with E-state index in [1.165, 1.54) is 17.0 Å². The van der Waals surface area contributed by atoms with E-state index in [0.717, 1.165) is 6.07 Å². The van der Waals surface area contributed by atoms with Gasteiger partial charge in [-0.2, -0.15) is 0 Å². The first kappa shape index (κ1) is 21.3. The first-order valence-corrected chi connectivity index (χ1v) is 11.0. The number of carbonyl (C=O) groups excluding carboxylic acids is 2. The largest absolute Gasteiger partial charge is 0.450 e. The fraction of sp³-hybridized carbons (Fsp3) is 0.320. The molecule has 3 heterocycles. The molecule has 1 atom stereocenters. The number of para-hydroxylation sites is 1. The number of halogens is 1. The maximum Gasteiger partial charge on any atom is 0.291 e. The molecule has 33 heavy (non-hydrogen) atoms. The zero-order valence-corrected chi connectivity index (χ0v) is 18.4. The van der Waals surface area contributed by atoms with E-state index in [9.17, 15) is 18.8 Å². The van der Waals surface area contributed by atoms with Crippen LogP contribution in [-0.4, -0.2) is 43.5 Å². The number of hydrogen-bond donors (Lipinski definition) is 0. The van der Waals surface area contributed by atoms with Gasteiger partial charge in [-0.05, 0) is 37.1 Å². The van der Waals surface area contributed by atoms with Gasteiger partial charge in [0.2, 0.25) is 5.76 Å². The molecule has 1 unspecified atom stereocenters. The third-order valence-corrected chi connectivity index (χ3v) is 6.38. The van der Waals surface area contributed by atoms with Gasteiger partial charge in [-0.15, -0.1) is 0 Å². The Morgan fingerprint density at radius 1 is 1.09 bits per heavy atom. The van der Waals surface area contributed by atoms with Crippen LogP contribution in [0.5, 0.6) is 0 Å². The summed E-state index contributed by atoms with van der Waals surface area (Å²) in [5.41, 5.74) is -0.968. The molecule has 170 valence electrons. The second-order valence-corrected chi connectivity index (χ2v) is 8.26. The minimum atomic E-state index is -1.66. The second-order valence-electron chi connectivity index (χ2n) is 8.26. The van der Waals surface area contributed by atoms with Crippen LogP contribution in [0.25, 0.3) is 11.0 Å². The molecule has 0 saturated heterocycles. The number of rotatable bonds is 6. The van der Waals surface area contributed by atoms with Gasteiger partial charge < -0.3 is 19.0 Å². The number of nitrogens with zero attached hydrogens (tertiary/aromatic N) is 2. The van der Waals surface area contributed by atoms with Crippen molar-refractivity contribution in [2.24, 2.45) is 0 Å². The highest BCUT2D eigenvalue weighted by atomic mass is 19.1. The van der Waals surface area contributed by atoms with Crippen LogP contribution in [-0.2, 0) is 15.1 Å². The van der Waals surface area contributed by atoms with Gasteiger partial charge in [0.25, 0.3) is 11.8 Å². The van der Waals surface area contributed by atoms with Crippen LogP contribution in [0, 0.1) is 5.82 Å². The summed E-state index contributed by atoms with van der Waals surface area (Å²) in [5.74, 6) is -1.68. The number of methoxy groups -OCH3 is 1. The highest BCUT2D eigenvalue weighted by molar-refractivity contribution is 6.17. The molecule has 2 amide bonds. The molecule has 2 aromatic carbocycles. The summed E-state index contributed by atoms with van der Waals surface area (Å²) < 4.78 is 25.1. The molecular formula is C25H23FN2O5. The minimum Gasteiger partial charge on any atom is -0.450 e. The van der Waals surface area contributed by atoms with Crippen LogP contribution < -0.4 is 10.3 Å². The van der Waals surface area contributed by atoms with Crippen molar-refractivity contribution >= 4 is 28.5 Å². The average molecular weight is 450 g/mol. The number of hydrogen-bond acceptors (Lipinski definition) is 5. The Balaban J connectivity index is 1.86. The zero-order valence-electron chi connectivity index (χ0n) is 18.4. The molecule has 8 heteroatoms. The van der Waals surface area contributed by atoms with Crippen LogP contribution >= 0.6 is 0 Å². The van der Waals surface area contributed by atoms with Crippen molar-refractivity contribution in [2.45, 2.75) is 25.3 Å². The number of carbonyl (C=O) groups is 2. The summed E-state index contributed by atoms with van der Waals surface area (Å²) in [6.45, 7) is 2.94. The predicted octanol–water partition coefficient (Wildman–Crippen LogP) is 3.42. The van der Waals surface area contributed by atoms with Crippen LogP contribution in [0.1, 0.15) is 41.4 Å². The van der Waals surface area contributed by atoms with E-state index in [-0.39, 0.29) is 34.7 Å². The van der Waals surface area contributed by atoms with Crippen LogP contribution in [0.4, 0.5) is 10.1 Å². The normalized spacial score (nSPS) is 19.1. The maximum atomic E-state index is 14.1. The van der Waals surface area contributed by atoms with Gasteiger partial charge in [0, 0.05) is 32.4 Å². The standard InChI is InChI=1S/C25H23FN2O5/c1-3-11-27-18-8-5-4-7-17(18)25(24(27)31)20-21(29)16-14-15(26)9-10-19(16)33-22(20)23(30)28(25)12-6-13-32-2/h4-5,7-10,14H,3,6,11-13H2,1-2H3. The molecule has 2 aliphatic rings. The zero-order chi connectivity index (χ0) is 23.3. The van der Waals surface area contributed by atoms with Crippen molar-refractivity contribution in [3.05, 3.63) is 75.4 Å². The van der Waals surface area contributed by atoms with Crippen LogP contribution in [0.15, 0.2) is 51.7 Å². The van der Waals surface area contributed by atoms with Crippen LogP contribution in [0.3, 0.4) is 0 Å². The molecule has 0 saturated carbocycles. The van der Waals surface area contributed by atoms with Gasteiger partial charge in [-0.3, -0.25) is 14.4 Å². The van der Waals surface area contributed by atoms with Crippen molar-refractivity contribution in [1.29, 1.82) is 0 Å². The van der Waals surface area contributed by atoms with Gasteiger partial charge >= 0.3 is 0 Å². The Labute approximate surface area is 189 Å². The van der Waals surface area contributed by atoms with Crippen molar-refractivity contribution in [1.82, 2.24) is 4.90 Å². The summed E-state index contributed by atoms with van der Waals surface area (Å²) in [6.07, 6.45) is 1.15. The number of amides is 2. The molecule has 1 aromatic heterocycles. The van der Waals surface area contributed by atoms with Crippen molar-refractivity contribution in [3.63, 3.8) is 0 Å². The van der Waals surface area contributed by atoms with Gasteiger partial charge in [-0.25, -0.2) is 4.39 Å². The average Bonchev–Trinajstić information content (AvgIpc) is 3.20. The Morgan fingerprint density at radius 3 is 2.64 bits per heavy atom. The molecule has 3 aromatic rings. The second kappa shape index (κ2) is 7.81. The highest BCUT2D eigenvalue weighted by Gasteiger charge is 2.64.